The van der Waals surface area contributed by atoms with E-state index < -0.39 is 0 Å². The lowest BCUT2D eigenvalue weighted by Crippen LogP contribution is -1.98. The van der Waals surface area contributed by atoms with Crippen molar-refractivity contribution in [1.29, 1.82) is 0 Å². The lowest BCUT2D eigenvalue weighted by atomic mass is 10.3. The first-order valence-electron chi connectivity index (χ1n) is 3.83. The van der Waals surface area contributed by atoms with Crippen LogP contribution in [0.4, 0.5) is 0 Å². The van der Waals surface area contributed by atoms with Gasteiger partial charge in [-0.15, -0.1) is 11.3 Å². The summed E-state index contributed by atoms with van der Waals surface area (Å²) in [6.45, 7) is 4.27. The van der Waals surface area contributed by atoms with Gasteiger partial charge in [0.15, 0.2) is 0 Å². The van der Waals surface area contributed by atoms with Crippen LogP contribution in [0.25, 0.3) is 0 Å². The van der Waals surface area contributed by atoms with E-state index in [1.54, 1.807) is 11.3 Å². The fourth-order valence-corrected chi connectivity index (χ4v) is 3.08. The van der Waals surface area contributed by atoms with Crippen molar-refractivity contribution in [3.05, 3.63) is 11.1 Å². The molecule has 0 aliphatic heterocycles. The Hall–Kier alpha value is 0.460. The minimum absolute atomic E-state index is 0.721. The van der Waals surface area contributed by atoms with E-state index in [-0.39, 0.29) is 0 Å². The van der Waals surface area contributed by atoms with Crippen LogP contribution in [0.1, 0.15) is 12.6 Å². The van der Waals surface area contributed by atoms with Crippen molar-refractivity contribution in [1.82, 2.24) is 4.98 Å². The first-order chi connectivity index (χ1) is 5.72. The maximum absolute atomic E-state index is 4.38. The van der Waals surface area contributed by atoms with Crippen molar-refractivity contribution in [3.63, 3.8) is 0 Å². The molecule has 0 bridgehead atoms. The van der Waals surface area contributed by atoms with Gasteiger partial charge in [0.05, 0.1) is 0 Å². The minimum atomic E-state index is 0.721. The number of hydrogen-bond acceptors (Lipinski definition) is 3. The quantitative estimate of drug-likeness (QED) is 0.610. The molecule has 0 fully saturated rings. The highest BCUT2D eigenvalue weighted by molar-refractivity contribution is 9.09. The number of thiazole rings is 1. The van der Waals surface area contributed by atoms with E-state index in [1.165, 1.54) is 4.34 Å². The molecule has 0 aliphatic rings. The molecule has 1 heterocycles. The van der Waals surface area contributed by atoms with Gasteiger partial charge in [-0.2, -0.15) is 0 Å². The predicted octanol–water partition coefficient (Wildman–Crippen LogP) is 3.57. The zero-order valence-corrected chi connectivity index (χ0v) is 10.4. The molecule has 68 valence electrons. The number of aryl methyl sites for hydroxylation is 1. The summed E-state index contributed by atoms with van der Waals surface area (Å²) in [5, 5.41) is 3.17. The fourth-order valence-electron chi connectivity index (χ4n) is 0.657. The monoisotopic (exact) mass is 265 g/mol. The van der Waals surface area contributed by atoms with Crippen LogP contribution in [-0.4, -0.2) is 16.1 Å². The number of thioether (sulfide) groups is 1. The molecule has 12 heavy (non-hydrogen) atoms. The van der Waals surface area contributed by atoms with Crippen molar-refractivity contribution in [2.45, 2.75) is 18.2 Å². The zero-order valence-electron chi connectivity index (χ0n) is 7.21. The van der Waals surface area contributed by atoms with E-state index in [2.05, 4.69) is 33.2 Å². The van der Waals surface area contributed by atoms with Crippen LogP contribution < -0.4 is 0 Å². The first kappa shape index (κ1) is 10.5. The Morgan fingerprint density at radius 2 is 2.50 bits per heavy atom. The highest BCUT2D eigenvalue weighted by Crippen LogP contribution is 2.24. The summed E-state index contributed by atoms with van der Waals surface area (Å²) in [5.74, 6) is 1.87. The Morgan fingerprint density at radius 3 is 3.00 bits per heavy atom. The Morgan fingerprint density at radius 1 is 1.75 bits per heavy atom. The van der Waals surface area contributed by atoms with Gasteiger partial charge >= 0.3 is 0 Å². The standard InChI is InChI=1S/C8H12BrNS2/c1-6(3-9)4-11-8-10-7(2)5-12-8/h5-6H,3-4H2,1-2H3. The molecule has 0 N–H and O–H groups in total. The number of nitrogens with zero attached hydrogens (tertiary/aromatic N) is 1. The third-order valence-corrected chi connectivity index (χ3v) is 4.93. The van der Waals surface area contributed by atoms with E-state index in [4.69, 9.17) is 0 Å². The predicted molar refractivity (Wildman–Crippen MR) is 60.5 cm³/mol. The van der Waals surface area contributed by atoms with Crippen molar-refractivity contribution < 1.29 is 0 Å². The highest BCUT2D eigenvalue weighted by atomic mass is 79.9. The average molecular weight is 266 g/mol. The minimum Gasteiger partial charge on any atom is -0.235 e. The van der Waals surface area contributed by atoms with Gasteiger partial charge in [0.25, 0.3) is 0 Å². The van der Waals surface area contributed by atoms with Crippen molar-refractivity contribution in [2.75, 3.05) is 11.1 Å². The molecule has 1 rings (SSSR count). The molecule has 0 radical (unpaired) electrons. The molecule has 1 aromatic heterocycles. The molecule has 1 nitrogen and oxygen atoms in total. The Bertz CT molecular complexity index is 237. The number of hydrogen-bond donors (Lipinski definition) is 0. The molecule has 0 spiro atoms. The summed E-state index contributed by atoms with van der Waals surface area (Å²) >= 11 is 7.05. The molecule has 0 saturated carbocycles. The third-order valence-electron chi connectivity index (χ3n) is 1.35. The van der Waals surface area contributed by atoms with Gasteiger partial charge in [-0.3, -0.25) is 0 Å². The Balaban J connectivity index is 2.33. The number of rotatable bonds is 4. The smallest absolute Gasteiger partial charge is 0.150 e. The van der Waals surface area contributed by atoms with Crippen LogP contribution in [0.5, 0.6) is 0 Å². The molecule has 0 aromatic carbocycles. The molecule has 1 atom stereocenters. The second kappa shape index (κ2) is 5.25. The van der Waals surface area contributed by atoms with Crippen molar-refractivity contribution in [3.8, 4) is 0 Å². The third kappa shape index (κ3) is 3.46. The molecule has 0 saturated heterocycles. The van der Waals surface area contributed by atoms with Crippen molar-refractivity contribution >= 4 is 39.0 Å². The molecule has 1 aromatic rings. The molecule has 1 unspecified atom stereocenters. The van der Waals surface area contributed by atoms with Crippen molar-refractivity contribution in [2.24, 2.45) is 5.92 Å². The number of halogens is 1. The van der Waals surface area contributed by atoms with Gasteiger partial charge in [0.1, 0.15) is 4.34 Å². The van der Waals surface area contributed by atoms with Gasteiger partial charge in [-0.25, -0.2) is 4.98 Å². The average Bonchev–Trinajstić information content (AvgIpc) is 2.47. The summed E-state index contributed by atoms with van der Waals surface area (Å²) in [7, 11) is 0. The molecular weight excluding hydrogens is 254 g/mol. The number of aromatic nitrogens is 1. The van der Waals surface area contributed by atoms with E-state index in [9.17, 15) is 0 Å². The van der Waals surface area contributed by atoms with Crippen LogP contribution in [0.15, 0.2) is 9.72 Å². The van der Waals surface area contributed by atoms with E-state index in [1.807, 2.05) is 18.7 Å². The Labute approximate surface area is 90.1 Å². The normalized spacial score (nSPS) is 13.2. The van der Waals surface area contributed by atoms with E-state index in [0.717, 1.165) is 22.7 Å². The summed E-state index contributed by atoms with van der Waals surface area (Å²) < 4.78 is 1.19. The topological polar surface area (TPSA) is 12.9 Å². The molecular formula is C8H12BrNS2. The Kier molecular flexibility index (Phi) is 4.61. The maximum atomic E-state index is 4.38. The van der Waals surface area contributed by atoms with Gasteiger partial charge < -0.3 is 0 Å². The lowest BCUT2D eigenvalue weighted by Gasteiger charge is -2.03. The van der Waals surface area contributed by atoms with Crippen LogP contribution in [0, 0.1) is 12.8 Å². The number of alkyl halides is 1. The zero-order chi connectivity index (χ0) is 8.97. The lowest BCUT2D eigenvalue weighted by molar-refractivity contribution is 0.770. The summed E-state index contributed by atoms with van der Waals surface area (Å²) in [6, 6.07) is 0. The summed E-state index contributed by atoms with van der Waals surface area (Å²) in [6.07, 6.45) is 0. The van der Waals surface area contributed by atoms with Gasteiger partial charge in [0.2, 0.25) is 0 Å². The van der Waals surface area contributed by atoms with Crippen LogP contribution in [-0.2, 0) is 0 Å². The maximum Gasteiger partial charge on any atom is 0.150 e. The second-order valence-corrected chi connectivity index (χ2v) is 5.60. The largest absolute Gasteiger partial charge is 0.235 e. The second-order valence-electron chi connectivity index (χ2n) is 2.83. The van der Waals surface area contributed by atoms with E-state index >= 15 is 0 Å². The van der Waals surface area contributed by atoms with Gasteiger partial charge in [0, 0.05) is 22.2 Å². The molecule has 0 amide bonds. The summed E-state index contributed by atoms with van der Waals surface area (Å²) in [4.78, 5) is 4.38. The fraction of sp³-hybridized carbons (Fsp3) is 0.625. The van der Waals surface area contributed by atoms with Crippen LogP contribution in [0.3, 0.4) is 0 Å². The van der Waals surface area contributed by atoms with Gasteiger partial charge in [-0.05, 0) is 12.8 Å². The molecule has 0 aliphatic carbocycles. The van der Waals surface area contributed by atoms with Crippen LogP contribution >= 0.6 is 39.0 Å². The first-order valence-corrected chi connectivity index (χ1v) is 6.82. The van der Waals surface area contributed by atoms with Gasteiger partial charge in [-0.1, -0.05) is 34.6 Å². The van der Waals surface area contributed by atoms with E-state index in [0.29, 0.717) is 0 Å². The highest BCUT2D eigenvalue weighted by Gasteiger charge is 2.03. The van der Waals surface area contributed by atoms with Crippen LogP contribution in [0.2, 0.25) is 0 Å². The molecule has 4 heteroatoms. The summed E-state index contributed by atoms with van der Waals surface area (Å²) in [5.41, 5.74) is 1.13. The SMILES string of the molecule is Cc1csc(SCC(C)CBr)n1.